The van der Waals surface area contributed by atoms with Gasteiger partial charge in [-0.05, 0) is 18.6 Å². The van der Waals surface area contributed by atoms with E-state index in [1.165, 1.54) is 19.3 Å². The Balaban J connectivity index is 2.33. The monoisotopic (exact) mass is 227 g/mol. The van der Waals surface area contributed by atoms with E-state index in [1.807, 2.05) is 0 Å². The Bertz CT molecular complexity index is 302. The minimum Gasteiger partial charge on any atom is -0.492 e. The van der Waals surface area contributed by atoms with Gasteiger partial charge in [-0.1, -0.05) is 37.8 Å². The molecule has 2 N–H and O–H groups in total. The highest BCUT2D eigenvalue weighted by Gasteiger charge is 2.01. The molecule has 1 aromatic carbocycles. The number of hydrogen-bond donors (Lipinski definition) is 1. The minimum absolute atomic E-state index is 0.625. The van der Waals surface area contributed by atoms with Crippen molar-refractivity contribution in [1.82, 2.24) is 0 Å². The molecule has 1 aromatic rings. The maximum atomic E-state index is 5.96. The molecule has 0 radical (unpaired) electrons. The van der Waals surface area contributed by atoms with Gasteiger partial charge in [0.1, 0.15) is 5.75 Å². The van der Waals surface area contributed by atoms with Crippen molar-refractivity contribution < 1.29 is 4.74 Å². The largest absolute Gasteiger partial charge is 0.492 e. The van der Waals surface area contributed by atoms with Crippen LogP contribution in [0.2, 0.25) is 5.02 Å². The van der Waals surface area contributed by atoms with Crippen LogP contribution in [0.15, 0.2) is 18.2 Å². The topological polar surface area (TPSA) is 35.2 Å². The first-order valence-electron chi connectivity index (χ1n) is 5.42. The van der Waals surface area contributed by atoms with E-state index in [2.05, 4.69) is 6.92 Å². The van der Waals surface area contributed by atoms with E-state index in [-0.39, 0.29) is 0 Å². The molecular weight excluding hydrogens is 210 g/mol. The lowest BCUT2D eigenvalue weighted by Gasteiger charge is -2.08. The normalized spacial score (nSPS) is 10.3. The van der Waals surface area contributed by atoms with E-state index in [0.29, 0.717) is 23.1 Å². The SMILES string of the molecule is CCCCCCOc1cc(N)ccc1Cl. The van der Waals surface area contributed by atoms with Gasteiger partial charge in [0.25, 0.3) is 0 Å². The van der Waals surface area contributed by atoms with Crippen molar-refractivity contribution in [3.05, 3.63) is 23.2 Å². The third kappa shape index (κ3) is 4.43. The van der Waals surface area contributed by atoms with Crippen LogP contribution in [0, 0.1) is 0 Å². The van der Waals surface area contributed by atoms with Crippen LogP contribution in [0.1, 0.15) is 32.6 Å². The van der Waals surface area contributed by atoms with Crippen molar-refractivity contribution in [2.75, 3.05) is 12.3 Å². The van der Waals surface area contributed by atoms with Gasteiger partial charge in [-0.25, -0.2) is 0 Å². The minimum atomic E-state index is 0.625. The number of nitrogens with two attached hydrogens (primary N) is 1. The fraction of sp³-hybridized carbons (Fsp3) is 0.500. The quantitative estimate of drug-likeness (QED) is 0.591. The Morgan fingerprint density at radius 1 is 1.27 bits per heavy atom. The molecule has 84 valence electrons. The summed E-state index contributed by atoms with van der Waals surface area (Å²) in [6.45, 7) is 2.90. The molecule has 0 bridgehead atoms. The Morgan fingerprint density at radius 3 is 2.80 bits per heavy atom. The predicted molar refractivity (Wildman–Crippen MR) is 65.5 cm³/mol. The zero-order chi connectivity index (χ0) is 11.1. The highest BCUT2D eigenvalue weighted by atomic mass is 35.5. The molecule has 0 heterocycles. The third-order valence-corrected chi connectivity index (χ3v) is 2.52. The van der Waals surface area contributed by atoms with Crippen molar-refractivity contribution in [3.63, 3.8) is 0 Å². The lowest BCUT2D eigenvalue weighted by molar-refractivity contribution is 0.305. The molecule has 15 heavy (non-hydrogen) atoms. The lowest BCUT2D eigenvalue weighted by Crippen LogP contribution is -1.98. The van der Waals surface area contributed by atoms with E-state index in [4.69, 9.17) is 22.1 Å². The molecule has 2 nitrogen and oxygen atoms in total. The van der Waals surface area contributed by atoms with Gasteiger partial charge in [-0.15, -0.1) is 0 Å². The standard InChI is InChI=1S/C12H18ClNO/c1-2-3-4-5-8-15-12-9-10(14)6-7-11(12)13/h6-7,9H,2-5,8,14H2,1H3. The first-order chi connectivity index (χ1) is 7.24. The summed E-state index contributed by atoms with van der Waals surface area (Å²) in [6.07, 6.45) is 4.77. The summed E-state index contributed by atoms with van der Waals surface area (Å²) in [7, 11) is 0. The fourth-order valence-corrected chi connectivity index (χ4v) is 1.51. The summed E-state index contributed by atoms with van der Waals surface area (Å²) in [5.74, 6) is 0.688. The van der Waals surface area contributed by atoms with Crippen LogP contribution in [0.3, 0.4) is 0 Å². The van der Waals surface area contributed by atoms with Gasteiger partial charge in [-0.3, -0.25) is 0 Å². The van der Waals surface area contributed by atoms with Gasteiger partial charge < -0.3 is 10.5 Å². The second-order valence-corrected chi connectivity index (χ2v) is 4.01. The summed E-state index contributed by atoms with van der Waals surface area (Å²) in [5, 5.41) is 0.625. The molecule has 0 amide bonds. The third-order valence-electron chi connectivity index (χ3n) is 2.21. The van der Waals surface area contributed by atoms with E-state index < -0.39 is 0 Å². The molecule has 3 heteroatoms. The molecule has 0 aliphatic rings. The zero-order valence-electron chi connectivity index (χ0n) is 9.13. The second-order valence-electron chi connectivity index (χ2n) is 3.60. The fourth-order valence-electron chi connectivity index (χ4n) is 1.34. The van der Waals surface area contributed by atoms with Crippen LogP contribution in [0.25, 0.3) is 0 Å². The molecule has 0 atom stereocenters. The van der Waals surface area contributed by atoms with Gasteiger partial charge in [-0.2, -0.15) is 0 Å². The Hall–Kier alpha value is -0.890. The van der Waals surface area contributed by atoms with Gasteiger partial charge in [0.05, 0.1) is 11.6 Å². The number of nitrogen functional groups attached to an aromatic ring is 1. The van der Waals surface area contributed by atoms with Crippen LogP contribution in [-0.2, 0) is 0 Å². The summed E-state index contributed by atoms with van der Waals surface area (Å²) in [4.78, 5) is 0. The summed E-state index contributed by atoms with van der Waals surface area (Å²) >= 11 is 5.96. The number of rotatable bonds is 6. The van der Waals surface area contributed by atoms with E-state index >= 15 is 0 Å². The number of unbranched alkanes of at least 4 members (excludes halogenated alkanes) is 3. The highest BCUT2D eigenvalue weighted by Crippen LogP contribution is 2.26. The number of benzene rings is 1. The van der Waals surface area contributed by atoms with Crippen LogP contribution < -0.4 is 10.5 Å². The Morgan fingerprint density at radius 2 is 2.07 bits per heavy atom. The molecule has 0 aliphatic carbocycles. The number of anilines is 1. The smallest absolute Gasteiger partial charge is 0.139 e. The van der Waals surface area contributed by atoms with Crippen molar-refractivity contribution in [1.29, 1.82) is 0 Å². The number of hydrogen-bond acceptors (Lipinski definition) is 2. The Labute approximate surface area is 96.4 Å². The average molecular weight is 228 g/mol. The molecule has 0 unspecified atom stereocenters. The Kier molecular flexibility index (Phi) is 5.33. The number of ether oxygens (including phenoxy) is 1. The molecule has 0 saturated heterocycles. The summed E-state index contributed by atoms with van der Waals surface area (Å²) in [5.41, 5.74) is 6.32. The van der Waals surface area contributed by atoms with Gasteiger partial charge in [0.15, 0.2) is 0 Å². The van der Waals surface area contributed by atoms with Gasteiger partial charge in [0.2, 0.25) is 0 Å². The van der Waals surface area contributed by atoms with Crippen LogP contribution in [0.4, 0.5) is 5.69 Å². The van der Waals surface area contributed by atoms with Crippen LogP contribution >= 0.6 is 11.6 Å². The first-order valence-corrected chi connectivity index (χ1v) is 5.79. The van der Waals surface area contributed by atoms with Crippen molar-refractivity contribution in [2.45, 2.75) is 32.6 Å². The van der Waals surface area contributed by atoms with Gasteiger partial charge in [0, 0.05) is 11.8 Å². The highest BCUT2D eigenvalue weighted by molar-refractivity contribution is 6.32. The molecule has 0 fully saturated rings. The average Bonchev–Trinajstić information content (AvgIpc) is 2.23. The zero-order valence-corrected chi connectivity index (χ0v) is 9.89. The van der Waals surface area contributed by atoms with E-state index in [0.717, 1.165) is 6.42 Å². The number of halogens is 1. The van der Waals surface area contributed by atoms with E-state index in [9.17, 15) is 0 Å². The molecule has 0 spiro atoms. The predicted octanol–water partition coefficient (Wildman–Crippen LogP) is 3.88. The molecule has 0 saturated carbocycles. The molecule has 0 aromatic heterocycles. The van der Waals surface area contributed by atoms with Crippen molar-refractivity contribution in [3.8, 4) is 5.75 Å². The van der Waals surface area contributed by atoms with Crippen LogP contribution in [0.5, 0.6) is 5.75 Å². The molecular formula is C12H18ClNO. The maximum absolute atomic E-state index is 5.96. The molecule has 1 rings (SSSR count). The van der Waals surface area contributed by atoms with Gasteiger partial charge >= 0.3 is 0 Å². The lowest BCUT2D eigenvalue weighted by atomic mass is 10.2. The van der Waals surface area contributed by atoms with Crippen LogP contribution in [-0.4, -0.2) is 6.61 Å². The molecule has 0 aliphatic heterocycles. The second kappa shape index (κ2) is 6.57. The van der Waals surface area contributed by atoms with Crippen molar-refractivity contribution >= 4 is 17.3 Å². The van der Waals surface area contributed by atoms with Crippen molar-refractivity contribution in [2.24, 2.45) is 0 Å². The maximum Gasteiger partial charge on any atom is 0.139 e. The summed E-state index contributed by atoms with van der Waals surface area (Å²) < 4.78 is 5.55. The first kappa shape index (κ1) is 12.2. The summed E-state index contributed by atoms with van der Waals surface area (Å²) in [6, 6.07) is 5.30. The van der Waals surface area contributed by atoms with E-state index in [1.54, 1.807) is 18.2 Å².